The fourth-order valence-corrected chi connectivity index (χ4v) is 6.79. The molecule has 1 aromatic carbocycles. The first-order valence-electron chi connectivity index (χ1n) is 17.5. The van der Waals surface area contributed by atoms with Crippen LogP contribution in [0.25, 0.3) is 0 Å². The number of carbonyl (C=O) groups excluding carboxylic acids is 1. The van der Waals surface area contributed by atoms with Gasteiger partial charge in [0.05, 0.1) is 32.5 Å². The maximum absolute atomic E-state index is 12.6. The van der Waals surface area contributed by atoms with Crippen LogP contribution < -0.4 is 5.32 Å². The minimum Gasteiger partial charge on any atom is -0.394 e. The average Bonchev–Trinajstić information content (AvgIpc) is 3.15. The lowest BCUT2D eigenvalue weighted by atomic mass is 9.94. The van der Waals surface area contributed by atoms with E-state index in [1.165, 1.54) is 6.92 Å². The highest BCUT2D eigenvalue weighted by atomic mass is 16.8. The minimum atomic E-state index is -1.94. The molecule has 308 valence electrons. The molecular weight excluding hydrogens is 730 g/mol. The van der Waals surface area contributed by atoms with Crippen LogP contribution in [0.3, 0.4) is 0 Å². The number of aliphatic hydroxyl groups excluding tert-OH is 11. The molecule has 4 aliphatic rings. The Bertz CT molecular complexity index is 1320. The normalized spacial score (nSPS) is 45.9. The fraction of sp³-hybridized carbons (Fsp3) is 0.788. The average molecular weight is 782 g/mol. The zero-order chi connectivity index (χ0) is 39.4. The number of hydrogen-bond donors (Lipinski definition) is 12. The highest BCUT2D eigenvalue weighted by Gasteiger charge is 2.56. The smallest absolute Gasteiger partial charge is 0.217 e. The van der Waals surface area contributed by atoms with Crippen LogP contribution in [0.4, 0.5) is 0 Å². The molecule has 54 heavy (non-hydrogen) atoms. The molecule has 4 saturated heterocycles. The number of ether oxygens (including phenoxy) is 8. The van der Waals surface area contributed by atoms with Gasteiger partial charge < -0.3 is 99.4 Å². The SMILES string of the molecule is CC(=O)N[C@H]1[C@H](O[C@H]2[C@@H](O)[C@@H](CO)O[C@H](O)[C@@H]2OCc2ccccc2)O[C@H](CO)[C@H](O)[C@@H]1O[C@@H]1O[C@H](CO)[C@H](O)[C@H](O)[C@H]1O[C@@H]1O[C@@H](C)[C@@H](O)[C@@H](O)[C@@H]1O. The standard InChI is InChI=1S/C33H51NO20/c1-12-19(39)23(43)25(45)32(48-12)54-28-24(44)20(40)15(8-35)51-33(28)52-26-18(34-13(2)38)31(50-17(10-37)21(26)41)53-27-22(42)16(9-36)49-30(46)29(27)47-11-14-6-4-3-5-7-14/h3-7,12,15-33,35-37,39-46H,8-11H2,1-2H3,(H,34,38)/t12-,15+,16+,17+,18+,19+,20-,21-,22-,23+,24-,25-,26+,27-,28+,29+,30-,31-,32-,33-/m0/s1. The molecule has 4 heterocycles. The molecule has 0 saturated carbocycles. The summed E-state index contributed by atoms with van der Waals surface area (Å²) in [5.74, 6) is -0.723. The number of aliphatic hydroxyl groups is 11. The highest BCUT2D eigenvalue weighted by molar-refractivity contribution is 5.73. The van der Waals surface area contributed by atoms with Crippen LogP contribution in [0.15, 0.2) is 30.3 Å². The van der Waals surface area contributed by atoms with E-state index in [2.05, 4.69) is 5.32 Å². The van der Waals surface area contributed by atoms with E-state index in [1.807, 2.05) is 0 Å². The van der Waals surface area contributed by atoms with Gasteiger partial charge in [-0.1, -0.05) is 30.3 Å². The first-order chi connectivity index (χ1) is 25.7. The van der Waals surface area contributed by atoms with Crippen LogP contribution in [0, 0.1) is 0 Å². The number of amides is 1. The number of benzene rings is 1. The van der Waals surface area contributed by atoms with Gasteiger partial charge in [-0.25, -0.2) is 0 Å². The van der Waals surface area contributed by atoms with Crippen LogP contribution in [-0.2, 0) is 49.3 Å². The second-order valence-corrected chi connectivity index (χ2v) is 13.6. The molecule has 20 atom stereocenters. The van der Waals surface area contributed by atoms with Gasteiger partial charge in [-0.3, -0.25) is 4.79 Å². The van der Waals surface area contributed by atoms with Crippen molar-refractivity contribution in [3.05, 3.63) is 35.9 Å². The van der Waals surface area contributed by atoms with E-state index in [0.29, 0.717) is 5.56 Å². The lowest BCUT2D eigenvalue weighted by Crippen LogP contribution is -2.70. The van der Waals surface area contributed by atoms with E-state index in [9.17, 15) is 61.0 Å². The molecule has 21 nitrogen and oxygen atoms in total. The molecule has 5 rings (SSSR count). The molecule has 1 aromatic rings. The molecule has 0 bridgehead atoms. The van der Waals surface area contributed by atoms with Gasteiger partial charge in [0.1, 0.15) is 91.5 Å². The highest BCUT2D eigenvalue weighted by Crippen LogP contribution is 2.35. The lowest BCUT2D eigenvalue weighted by molar-refractivity contribution is -0.386. The molecule has 21 heteroatoms. The summed E-state index contributed by atoms with van der Waals surface area (Å²) in [6.07, 6.45) is -31.6. The first kappa shape index (κ1) is 43.1. The van der Waals surface area contributed by atoms with E-state index < -0.39 is 148 Å². The van der Waals surface area contributed by atoms with Gasteiger partial charge in [-0.05, 0) is 12.5 Å². The van der Waals surface area contributed by atoms with Crippen LogP contribution in [0.5, 0.6) is 0 Å². The maximum Gasteiger partial charge on any atom is 0.217 e. The summed E-state index contributed by atoms with van der Waals surface area (Å²) in [5.41, 5.74) is 0.674. The molecule has 12 N–H and O–H groups in total. The molecule has 1 amide bonds. The summed E-state index contributed by atoms with van der Waals surface area (Å²) in [7, 11) is 0. The number of rotatable bonds is 13. The van der Waals surface area contributed by atoms with Gasteiger partial charge in [-0.2, -0.15) is 0 Å². The third kappa shape index (κ3) is 9.37. The fourth-order valence-electron chi connectivity index (χ4n) is 6.79. The van der Waals surface area contributed by atoms with Crippen molar-refractivity contribution in [2.45, 2.75) is 143 Å². The Balaban J connectivity index is 1.45. The molecule has 0 spiro atoms. The second kappa shape index (κ2) is 18.9. The summed E-state index contributed by atoms with van der Waals surface area (Å²) in [4.78, 5) is 12.6. The van der Waals surface area contributed by atoms with Crippen molar-refractivity contribution in [3.8, 4) is 0 Å². The predicted octanol–water partition coefficient (Wildman–Crippen LogP) is -6.35. The number of nitrogens with one attached hydrogen (secondary N) is 1. The van der Waals surface area contributed by atoms with E-state index >= 15 is 0 Å². The van der Waals surface area contributed by atoms with Gasteiger partial charge >= 0.3 is 0 Å². The van der Waals surface area contributed by atoms with Gasteiger partial charge in [0.2, 0.25) is 5.91 Å². The third-order valence-electron chi connectivity index (χ3n) is 9.83. The Morgan fingerprint density at radius 3 is 1.80 bits per heavy atom. The topological polar surface area (TPSA) is 325 Å². The van der Waals surface area contributed by atoms with E-state index in [0.717, 1.165) is 6.92 Å². The summed E-state index contributed by atoms with van der Waals surface area (Å²) in [5, 5.41) is 119. The Hall–Kier alpha value is -2.07. The van der Waals surface area contributed by atoms with Crippen molar-refractivity contribution in [2.24, 2.45) is 0 Å². The summed E-state index contributed by atoms with van der Waals surface area (Å²) >= 11 is 0. The molecule has 0 unspecified atom stereocenters. The Morgan fingerprint density at radius 1 is 0.611 bits per heavy atom. The van der Waals surface area contributed by atoms with Crippen LogP contribution in [-0.4, -0.2) is 205 Å². The Labute approximate surface area is 309 Å². The van der Waals surface area contributed by atoms with Gasteiger partial charge in [0.25, 0.3) is 0 Å². The molecule has 0 aromatic heterocycles. The van der Waals surface area contributed by atoms with Crippen molar-refractivity contribution < 1.29 is 98.9 Å². The quantitative estimate of drug-likeness (QED) is 0.0885. The van der Waals surface area contributed by atoms with Gasteiger partial charge in [0, 0.05) is 6.92 Å². The van der Waals surface area contributed by atoms with Crippen molar-refractivity contribution in [1.82, 2.24) is 5.32 Å². The Kier molecular flexibility index (Phi) is 15.1. The van der Waals surface area contributed by atoms with E-state index in [1.54, 1.807) is 30.3 Å². The van der Waals surface area contributed by atoms with Crippen LogP contribution >= 0.6 is 0 Å². The summed E-state index contributed by atoms with van der Waals surface area (Å²) in [6, 6.07) is 7.18. The third-order valence-corrected chi connectivity index (χ3v) is 9.83. The predicted molar refractivity (Wildman–Crippen MR) is 173 cm³/mol. The maximum atomic E-state index is 12.6. The molecular formula is C33H51NO20. The van der Waals surface area contributed by atoms with Crippen molar-refractivity contribution in [1.29, 1.82) is 0 Å². The second-order valence-electron chi connectivity index (χ2n) is 13.6. The van der Waals surface area contributed by atoms with Crippen molar-refractivity contribution >= 4 is 5.91 Å². The summed E-state index contributed by atoms with van der Waals surface area (Å²) in [6.45, 7) is -0.107. The Morgan fingerprint density at radius 2 is 1.17 bits per heavy atom. The molecule has 0 radical (unpaired) electrons. The number of carbonyl (C=O) groups is 1. The number of hydrogen-bond acceptors (Lipinski definition) is 20. The zero-order valence-electron chi connectivity index (χ0n) is 29.4. The molecule has 4 aliphatic heterocycles. The van der Waals surface area contributed by atoms with Gasteiger partial charge in [0.15, 0.2) is 25.2 Å². The minimum absolute atomic E-state index is 0.0958. The van der Waals surface area contributed by atoms with E-state index in [-0.39, 0.29) is 6.61 Å². The van der Waals surface area contributed by atoms with Gasteiger partial charge in [-0.15, -0.1) is 0 Å². The largest absolute Gasteiger partial charge is 0.394 e. The summed E-state index contributed by atoms with van der Waals surface area (Å²) < 4.78 is 46.4. The lowest BCUT2D eigenvalue weighted by Gasteiger charge is -2.50. The monoisotopic (exact) mass is 781 g/mol. The first-order valence-corrected chi connectivity index (χ1v) is 17.5. The van der Waals surface area contributed by atoms with E-state index in [4.69, 9.17) is 37.9 Å². The molecule has 0 aliphatic carbocycles. The van der Waals surface area contributed by atoms with Crippen LogP contribution in [0.1, 0.15) is 19.4 Å². The van der Waals surface area contributed by atoms with Crippen molar-refractivity contribution in [2.75, 3.05) is 19.8 Å². The van der Waals surface area contributed by atoms with Crippen molar-refractivity contribution in [3.63, 3.8) is 0 Å². The zero-order valence-corrected chi connectivity index (χ0v) is 29.4. The molecule has 4 fully saturated rings. The van der Waals surface area contributed by atoms with Crippen LogP contribution in [0.2, 0.25) is 0 Å².